The van der Waals surface area contributed by atoms with Gasteiger partial charge in [0, 0.05) is 51.8 Å². The van der Waals surface area contributed by atoms with Crippen LogP contribution in [0.1, 0.15) is 39.5 Å². The number of halogens is 2. The fraction of sp³-hybridized carbons (Fsp3) is 0.143. The van der Waals surface area contributed by atoms with Crippen LogP contribution in [0, 0.1) is 5.82 Å². The van der Waals surface area contributed by atoms with Gasteiger partial charge in [-0.05, 0) is 54.4 Å². The molecule has 4 aromatic rings. The van der Waals surface area contributed by atoms with E-state index < -0.39 is 0 Å². The van der Waals surface area contributed by atoms with E-state index in [4.69, 9.17) is 21.6 Å². The molecule has 0 unspecified atom stereocenters. The summed E-state index contributed by atoms with van der Waals surface area (Å²) in [6, 6.07) is 17.6. The Kier molecular flexibility index (Phi) is 6.48. The quantitative estimate of drug-likeness (QED) is 0.355. The van der Waals surface area contributed by atoms with Crippen LogP contribution < -0.4 is 10.6 Å². The topological polar surface area (TPSA) is 79.3 Å². The normalized spacial score (nSPS) is 12.2. The number of hydrogen-bond donors (Lipinski definition) is 2. The summed E-state index contributed by atoms with van der Waals surface area (Å²) in [6.07, 6.45) is 2.40. The highest BCUT2D eigenvalue weighted by Gasteiger charge is 2.24. The molecule has 0 bridgehead atoms. The monoisotopic (exact) mass is 499 g/mol. The van der Waals surface area contributed by atoms with E-state index >= 15 is 4.39 Å². The molecule has 1 aliphatic heterocycles. The van der Waals surface area contributed by atoms with Crippen molar-refractivity contribution in [2.75, 3.05) is 12.4 Å². The number of aryl methyl sites for hydroxylation is 1. The van der Waals surface area contributed by atoms with Gasteiger partial charge in [-0.2, -0.15) is 0 Å². The van der Waals surface area contributed by atoms with Gasteiger partial charge in [0.05, 0.1) is 18.0 Å². The zero-order valence-corrected chi connectivity index (χ0v) is 20.5. The summed E-state index contributed by atoms with van der Waals surface area (Å²) < 4.78 is 15.1. The van der Waals surface area contributed by atoms with Crippen molar-refractivity contribution in [3.8, 4) is 11.3 Å². The number of nitrogens with one attached hydrogen (secondary N) is 2. The molecule has 2 N–H and O–H groups in total. The van der Waals surface area contributed by atoms with E-state index in [0.29, 0.717) is 46.5 Å². The Morgan fingerprint density at radius 2 is 1.89 bits per heavy atom. The van der Waals surface area contributed by atoms with Crippen LogP contribution in [0.25, 0.3) is 11.3 Å². The molecule has 0 fully saturated rings. The SMILES string of the molecule is CCc1cccc(F)c1C1=NCc2cnc(Nc3ccc(C(=O)NC)cc3)nc2-c2ccc(Cl)cc21. The number of aromatic nitrogens is 2. The molecule has 5 rings (SSSR count). The highest BCUT2D eigenvalue weighted by molar-refractivity contribution is 6.31. The van der Waals surface area contributed by atoms with Crippen LogP contribution >= 0.6 is 11.6 Å². The lowest BCUT2D eigenvalue weighted by atomic mass is 9.92. The smallest absolute Gasteiger partial charge is 0.251 e. The zero-order valence-electron chi connectivity index (χ0n) is 19.8. The average molecular weight is 500 g/mol. The van der Waals surface area contributed by atoms with Gasteiger partial charge in [0.15, 0.2) is 0 Å². The van der Waals surface area contributed by atoms with Crippen LogP contribution in [-0.2, 0) is 13.0 Å². The van der Waals surface area contributed by atoms with Gasteiger partial charge in [-0.3, -0.25) is 9.79 Å². The number of fused-ring (bicyclic) bond motifs is 3. The molecule has 8 heteroatoms. The number of aliphatic imine (C=N–C) groups is 1. The van der Waals surface area contributed by atoms with E-state index in [1.54, 1.807) is 49.6 Å². The number of carbonyl (C=O) groups excluding carboxylic acids is 1. The summed E-state index contributed by atoms with van der Waals surface area (Å²) in [5.41, 5.74) is 6.26. The molecule has 36 heavy (non-hydrogen) atoms. The molecule has 0 spiro atoms. The highest BCUT2D eigenvalue weighted by atomic mass is 35.5. The molecule has 0 aliphatic carbocycles. The predicted molar refractivity (Wildman–Crippen MR) is 141 cm³/mol. The minimum atomic E-state index is -0.321. The number of anilines is 2. The first-order valence-electron chi connectivity index (χ1n) is 11.6. The van der Waals surface area contributed by atoms with Crippen molar-refractivity contribution in [3.05, 3.63) is 106 Å². The van der Waals surface area contributed by atoms with Gasteiger partial charge < -0.3 is 10.6 Å². The Bertz CT molecular complexity index is 1500. The lowest BCUT2D eigenvalue weighted by Crippen LogP contribution is -2.17. The van der Waals surface area contributed by atoms with Crippen molar-refractivity contribution < 1.29 is 9.18 Å². The largest absolute Gasteiger partial charge is 0.355 e. The van der Waals surface area contributed by atoms with Crippen LogP contribution in [0.3, 0.4) is 0 Å². The average Bonchev–Trinajstić information content (AvgIpc) is 3.04. The Morgan fingerprint density at radius 1 is 1.08 bits per heavy atom. The van der Waals surface area contributed by atoms with Gasteiger partial charge in [-0.25, -0.2) is 14.4 Å². The molecular formula is C28H23ClFN5O. The van der Waals surface area contributed by atoms with Crippen molar-refractivity contribution >= 4 is 34.9 Å². The third-order valence-corrected chi connectivity index (χ3v) is 6.35. The third-order valence-electron chi connectivity index (χ3n) is 6.11. The maximum Gasteiger partial charge on any atom is 0.251 e. The molecule has 3 aromatic carbocycles. The first-order chi connectivity index (χ1) is 17.5. The number of carbonyl (C=O) groups is 1. The third kappa shape index (κ3) is 4.45. The van der Waals surface area contributed by atoms with Crippen LogP contribution in [0.5, 0.6) is 0 Å². The lowest BCUT2D eigenvalue weighted by molar-refractivity contribution is 0.0963. The summed E-state index contributed by atoms with van der Waals surface area (Å²) in [5.74, 6) is -0.0838. The highest BCUT2D eigenvalue weighted by Crippen LogP contribution is 2.35. The van der Waals surface area contributed by atoms with Crippen molar-refractivity contribution in [2.45, 2.75) is 19.9 Å². The molecule has 2 heterocycles. The summed E-state index contributed by atoms with van der Waals surface area (Å²) in [7, 11) is 1.59. The van der Waals surface area contributed by atoms with E-state index in [-0.39, 0.29) is 11.7 Å². The van der Waals surface area contributed by atoms with Crippen molar-refractivity contribution in [1.82, 2.24) is 15.3 Å². The first-order valence-corrected chi connectivity index (χ1v) is 11.9. The molecular weight excluding hydrogens is 477 g/mol. The van der Waals surface area contributed by atoms with Gasteiger partial charge >= 0.3 is 0 Å². The van der Waals surface area contributed by atoms with Gasteiger partial charge in [0.1, 0.15) is 5.82 Å². The first kappa shape index (κ1) is 23.6. The Hall–Kier alpha value is -4.10. The lowest BCUT2D eigenvalue weighted by Gasteiger charge is -2.15. The second-order valence-corrected chi connectivity index (χ2v) is 8.77. The fourth-order valence-electron chi connectivity index (χ4n) is 4.30. The fourth-order valence-corrected chi connectivity index (χ4v) is 4.48. The van der Waals surface area contributed by atoms with Crippen molar-refractivity contribution in [1.29, 1.82) is 0 Å². The van der Waals surface area contributed by atoms with Crippen LogP contribution in [0.15, 0.2) is 71.9 Å². The Balaban J connectivity index is 1.57. The van der Waals surface area contributed by atoms with Gasteiger partial charge in [0.2, 0.25) is 5.95 Å². The zero-order chi connectivity index (χ0) is 25.2. The number of hydrogen-bond acceptors (Lipinski definition) is 5. The van der Waals surface area contributed by atoms with Crippen LogP contribution in [-0.4, -0.2) is 28.6 Å². The van der Waals surface area contributed by atoms with E-state index in [2.05, 4.69) is 15.6 Å². The van der Waals surface area contributed by atoms with E-state index in [0.717, 1.165) is 27.9 Å². The van der Waals surface area contributed by atoms with Gasteiger partial charge in [-0.1, -0.05) is 36.7 Å². The van der Waals surface area contributed by atoms with E-state index in [1.165, 1.54) is 6.07 Å². The molecule has 0 saturated carbocycles. The minimum absolute atomic E-state index is 0.157. The summed E-state index contributed by atoms with van der Waals surface area (Å²) in [4.78, 5) is 25.9. The molecule has 0 atom stereocenters. The van der Waals surface area contributed by atoms with E-state index in [1.807, 2.05) is 25.1 Å². The molecule has 6 nitrogen and oxygen atoms in total. The predicted octanol–water partition coefficient (Wildman–Crippen LogP) is 5.95. The maximum absolute atomic E-state index is 15.1. The Labute approximate surface area is 213 Å². The maximum atomic E-state index is 15.1. The molecule has 1 amide bonds. The van der Waals surface area contributed by atoms with Crippen molar-refractivity contribution in [3.63, 3.8) is 0 Å². The van der Waals surface area contributed by atoms with E-state index in [9.17, 15) is 4.79 Å². The molecule has 0 saturated heterocycles. The van der Waals surface area contributed by atoms with Crippen LogP contribution in [0.4, 0.5) is 16.0 Å². The molecule has 1 aromatic heterocycles. The molecule has 1 aliphatic rings. The number of benzene rings is 3. The number of amides is 1. The second kappa shape index (κ2) is 9.87. The van der Waals surface area contributed by atoms with Gasteiger partial charge in [-0.15, -0.1) is 0 Å². The van der Waals surface area contributed by atoms with Gasteiger partial charge in [0.25, 0.3) is 5.91 Å². The summed E-state index contributed by atoms with van der Waals surface area (Å²) in [5, 5.41) is 6.33. The summed E-state index contributed by atoms with van der Waals surface area (Å²) >= 11 is 6.39. The standard InChI is InChI=1S/C28H23ClFN5O/c1-3-16-5-4-6-23(30)24(16)26-22-13-19(29)9-12-21(22)25-18(14-32-26)15-33-28(35-25)34-20-10-7-17(8-11-20)27(36)31-2/h4-13,15H,3,14H2,1-2H3,(H,31,36)(H,33,34,35). The van der Waals surface area contributed by atoms with Crippen LogP contribution in [0.2, 0.25) is 5.02 Å². The minimum Gasteiger partial charge on any atom is -0.355 e. The number of rotatable bonds is 5. The second-order valence-electron chi connectivity index (χ2n) is 8.33. The molecule has 180 valence electrons. The number of nitrogens with zero attached hydrogens (tertiary/aromatic N) is 3. The van der Waals surface area contributed by atoms with Crippen molar-refractivity contribution in [2.24, 2.45) is 4.99 Å². The summed E-state index contributed by atoms with van der Waals surface area (Å²) in [6.45, 7) is 2.29. The Morgan fingerprint density at radius 3 is 2.64 bits per heavy atom. The molecule has 0 radical (unpaired) electrons.